The third-order valence-corrected chi connectivity index (χ3v) is 7.04. The van der Waals surface area contributed by atoms with Crippen LogP contribution >= 0.6 is 11.3 Å². The molecule has 2 aromatic rings. The van der Waals surface area contributed by atoms with Crippen LogP contribution in [0.4, 0.5) is 14.3 Å². The zero-order valence-corrected chi connectivity index (χ0v) is 18.9. The second kappa shape index (κ2) is 9.04. The molecule has 2 amide bonds. The minimum absolute atomic E-state index is 0.0961. The molecule has 0 radical (unpaired) electrons. The van der Waals surface area contributed by atoms with Gasteiger partial charge in [0.1, 0.15) is 11.5 Å². The molecule has 2 aliphatic rings. The largest absolute Gasteiger partial charge is 0.331 e. The number of nitrogens with zero attached hydrogens (tertiary/aromatic N) is 2. The second-order valence-electron chi connectivity index (χ2n) is 8.91. The molecule has 8 heteroatoms. The molecule has 6 nitrogen and oxygen atoms in total. The van der Waals surface area contributed by atoms with Crippen molar-refractivity contribution in [1.82, 2.24) is 15.2 Å². The monoisotopic (exact) mass is 444 g/mol. The summed E-state index contributed by atoms with van der Waals surface area (Å²) in [7, 11) is 0. The number of piperidine rings is 1. The van der Waals surface area contributed by atoms with Gasteiger partial charge in [-0.1, -0.05) is 12.1 Å². The van der Waals surface area contributed by atoms with Gasteiger partial charge >= 0.3 is 6.03 Å². The molecule has 1 atom stereocenters. The fourth-order valence-electron chi connectivity index (χ4n) is 4.46. The van der Waals surface area contributed by atoms with Crippen molar-refractivity contribution in [2.75, 3.05) is 25.0 Å². The Morgan fingerprint density at radius 3 is 2.68 bits per heavy atom. The van der Waals surface area contributed by atoms with Gasteiger partial charge < -0.3 is 10.2 Å². The number of urea groups is 1. The number of hydrogen-bond acceptors (Lipinski definition) is 5. The number of amides is 2. The Bertz CT molecular complexity index is 955. The van der Waals surface area contributed by atoms with Crippen LogP contribution in [0.5, 0.6) is 0 Å². The summed E-state index contributed by atoms with van der Waals surface area (Å²) in [4.78, 5) is 31.6. The van der Waals surface area contributed by atoms with E-state index in [2.05, 4.69) is 20.5 Å². The number of Topliss-reactive ketones (excluding diaryl/α,β-unsaturated/α-hetero) is 1. The lowest BCUT2D eigenvalue weighted by molar-refractivity contribution is 0.101. The topological polar surface area (TPSA) is 74.3 Å². The number of hydrogen-bond donors (Lipinski definition) is 2. The predicted octanol–water partition coefficient (Wildman–Crippen LogP) is 4.40. The molecule has 0 unspecified atom stereocenters. The van der Waals surface area contributed by atoms with Crippen LogP contribution in [-0.2, 0) is 6.42 Å². The fourth-order valence-corrected chi connectivity index (χ4v) is 5.32. The number of aryl methyl sites for hydroxylation is 1. The van der Waals surface area contributed by atoms with Gasteiger partial charge in [0.25, 0.3) is 0 Å². The molecular weight excluding hydrogens is 415 g/mol. The van der Waals surface area contributed by atoms with Gasteiger partial charge in [-0.2, -0.15) is 0 Å². The van der Waals surface area contributed by atoms with Crippen molar-refractivity contribution in [1.29, 1.82) is 0 Å². The van der Waals surface area contributed by atoms with Crippen LogP contribution in [0.2, 0.25) is 0 Å². The van der Waals surface area contributed by atoms with Gasteiger partial charge in [0.2, 0.25) is 0 Å². The summed E-state index contributed by atoms with van der Waals surface area (Å²) < 4.78 is 13.2. The van der Waals surface area contributed by atoms with Gasteiger partial charge in [0.05, 0.1) is 5.54 Å². The van der Waals surface area contributed by atoms with Crippen molar-refractivity contribution in [3.8, 4) is 0 Å². The van der Waals surface area contributed by atoms with E-state index in [0.29, 0.717) is 16.7 Å². The number of halogens is 1. The smallest absolute Gasteiger partial charge is 0.321 e. The number of ketones is 1. The molecule has 1 aromatic carbocycles. The SMILES string of the molecule is CC(=O)c1nc(NC(=O)NC2(CN3CCC[C@@H](Cc4ccc(F)cc4)C3)CC2)sc1C. The highest BCUT2D eigenvalue weighted by molar-refractivity contribution is 7.16. The van der Waals surface area contributed by atoms with Crippen LogP contribution in [0.15, 0.2) is 24.3 Å². The average Bonchev–Trinajstić information content (AvgIpc) is 3.35. The number of anilines is 1. The molecule has 4 rings (SSSR count). The Morgan fingerprint density at radius 1 is 1.29 bits per heavy atom. The minimum atomic E-state index is -0.263. The first-order chi connectivity index (χ1) is 14.8. The van der Waals surface area contributed by atoms with Crippen molar-refractivity contribution < 1.29 is 14.0 Å². The molecular formula is C23H29FN4O2S. The number of carbonyl (C=O) groups excluding carboxylic acids is 2. The number of likely N-dealkylation sites (tertiary alicyclic amines) is 1. The molecule has 0 spiro atoms. The molecule has 166 valence electrons. The summed E-state index contributed by atoms with van der Waals surface area (Å²) >= 11 is 1.32. The van der Waals surface area contributed by atoms with E-state index in [-0.39, 0.29) is 23.2 Å². The Morgan fingerprint density at radius 2 is 2.03 bits per heavy atom. The Labute approximate surface area is 186 Å². The fraction of sp³-hybridized carbons (Fsp3) is 0.522. The number of benzene rings is 1. The van der Waals surface area contributed by atoms with Crippen LogP contribution in [0.3, 0.4) is 0 Å². The first kappa shape index (κ1) is 21.9. The van der Waals surface area contributed by atoms with Gasteiger partial charge in [-0.25, -0.2) is 14.2 Å². The molecule has 2 fully saturated rings. The molecule has 2 heterocycles. The average molecular weight is 445 g/mol. The highest BCUT2D eigenvalue weighted by Gasteiger charge is 2.45. The lowest BCUT2D eigenvalue weighted by Gasteiger charge is -2.35. The van der Waals surface area contributed by atoms with Crippen molar-refractivity contribution in [3.05, 3.63) is 46.2 Å². The van der Waals surface area contributed by atoms with Crippen molar-refractivity contribution >= 4 is 28.3 Å². The van der Waals surface area contributed by atoms with Gasteiger partial charge in [-0.05, 0) is 69.2 Å². The first-order valence-corrected chi connectivity index (χ1v) is 11.7. The van der Waals surface area contributed by atoms with E-state index in [0.717, 1.165) is 50.2 Å². The maximum atomic E-state index is 13.2. The molecule has 1 saturated heterocycles. The number of thiazole rings is 1. The Balaban J connectivity index is 1.29. The van der Waals surface area contributed by atoms with Crippen LogP contribution in [-0.4, -0.2) is 46.9 Å². The molecule has 1 aromatic heterocycles. The van der Waals surface area contributed by atoms with Crippen molar-refractivity contribution in [2.45, 2.75) is 51.5 Å². The molecule has 1 aliphatic carbocycles. The van der Waals surface area contributed by atoms with E-state index in [1.807, 2.05) is 19.1 Å². The maximum absolute atomic E-state index is 13.2. The van der Waals surface area contributed by atoms with E-state index in [9.17, 15) is 14.0 Å². The molecule has 0 bridgehead atoms. The third kappa shape index (κ3) is 5.68. The Kier molecular flexibility index (Phi) is 6.39. The lowest BCUT2D eigenvalue weighted by Crippen LogP contribution is -2.49. The summed E-state index contributed by atoms with van der Waals surface area (Å²) in [5, 5.41) is 6.39. The van der Waals surface area contributed by atoms with Crippen LogP contribution in [0, 0.1) is 18.7 Å². The number of rotatable bonds is 7. The van der Waals surface area contributed by atoms with Crippen molar-refractivity contribution in [3.63, 3.8) is 0 Å². The van der Waals surface area contributed by atoms with Crippen LogP contribution in [0.25, 0.3) is 0 Å². The summed E-state index contributed by atoms with van der Waals surface area (Å²) in [5.41, 5.74) is 1.41. The van der Waals surface area contributed by atoms with E-state index in [1.54, 1.807) is 0 Å². The molecule has 31 heavy (non-hydrogen) atoms. The zero-order valence-electron chi connectivity index (χ0n) is 18.0. The summed E-state index contributed by atoms with van der Waals surface area (Å²) in [5.74, 6) is 0.257. The summed E-state index contributed by atoms with van der Waals surface area (Å²) in [6, 6.07) is 6.55. The summed E-state index contributed by atoms with van der Waals surface area (Å²) in [6.45, 7) is 6.19. The Hall–Kier alpha value is -2.32. The normalized spacial score (nSPS) is 20.3. The van der Waals surface area contributed by atoms with Crippen molar-refractivity contribution in [2.24, 2.45) is 5.92 Å². The quantitative estimate of drug-likeness (QED) is 0.621. The molecule has 1 saturated carbocycles. The molecule has 2 N–H and O–H groups in total. The number of carbonyl (C=O) groups is 2. The highest BCUT2D eigenvalue weighted by Crippen LogP contribution is 2.37. The minimum Gasteiger partial charge on any atom is -0.331 e. The predicted molar refractivity (Wildman–Crippen MR) is 120 cm³/mol. The van der Waals surface area contributed by atoms with E-state index in [4.69, 9.17) is 0 Å². The zero-order chi connectivity index (χ0) is 22.0. The van der Waals surface area contributed by atoms with Gasteiger partial charge in [-0.15, -0.1) is 11.3 Å². The van der Waals surface area contributed by atoms with Gasteiger partial charge in [0.15, 0.2) is 10.9 Å². The van der Waals surface area contributed by atoms with Gasteiger partial charge in [-0.3, -0.25) is 10.1 Å². The van der Waals surface area contributed by atoms with Gasteiger partial charge in [0, 0.05) is 24.9 Å². The number of aromatic nitrogens is 1. The molecule has 1 aliphatic heterocycles. The van der Waals surface area contributed by atoms with E-state index in [1.165, 1.54) is 42.4 Å². The summed E-state index contributed by atoms with van der Waals surface area (Å²) in [6.07, 6.45) is 5.21. The van der Waals surface area contributed by atoms with E-state index < -0.39 is 0 Å². The van der Waals surface area contributed by atoms with Crippen LogP contribution < -0.4 is 10.6 Å². The maximum Gasteiger partial charge on any atom is 0.321 e. The second-order valence-corrected chi connectivity index (χ2v) is 10.1. The standard InChI is InChI=1S/C23H29FN4O2S/c1-15(29)20-16(2)31-22(25-20)26-21(30)27-23(9-10-23)14-28-11-3-4-18(13-28)12-17-5-7-19(24)8-6-17/h5-8,18H,3-4,9-14H2,1-2H3,(H2,25,26,27,30)/t18-/m0/s1. The third-order valence-electron chi connectivity index (χ3n) is 6.15. The number of nitrogens with one attached hydrogen (secondary N) is 2. The van der Waals surface area contributed by atoms with Crippen LogP contribution in [0.1, 0.15) is 53.5 Å². The lowest BCUT2D eigenvalue weighted by atomic mass is 9.91. The first-order valence-electron chi connectivity index (χ1n) is 10.9. The highest BCUT2D eigenvalue weighted by atomic mass is 32.1. The van der Waals surface area contributed by atoms with E-state index >= 15 is 0 Å².